The van der Waals surface area contributed by atoms with Crippen LogP contribution in [0.1, 0.15) is 51.0 Å². The van der Waals surface area contributed by atoms with Crippen LogP contribution in [-0.4, -0.2) is 42.0 Å². The largest absolute Gasteiger partial charge is 0.345 e. The minimum absolute atomic E-state index is 0.00331. The molecule has 0 N–H and O–H groups in total. The second-order valence-electron chi connectivity index (χ2n) is 10.1. The van der Waals surface area contributed by atoms with Gasteiger partial charge in [0.05, 0.1) is 15.6 Å². The van der Waals surface area contributed by atoms with E-state index in [0.717, 1.165) is 61.0 Å². The number of hydrogen-bond acceptors (Lipinski definition) is 4. The minimum atomic E-state index is 0.00331. The van der Waals surface area contributed by atoms with Crippen LogP contribution in [0.5, 0.6) is 0 Å². The lowest BCUT2D eigenvalue weighted by Gasteiger charge is -2.57. The first kappa shape index (κ1) is 18.2. The molecule has 0 spiro atoms. The Balaban J connectivity index is 1.15. The molecular formula is C24H31N3OS. The van der Waals surface area contributed by atoms with Gasteiger partial charge in [-0.15, -0.1) is 0 Å². The fraction of sp³-hybridized carbons (Fsp3) is 0.667. The molecule has 7 rings (SSSR count). The SMILES string of the molecule is CCc1ccc2nc(N3CCN(C(=O)C45CC6CC(CC(C6)C4)C5)CC3)sc2c1. The zero-order valence-electron chi connectivity index (χ0n) is 17.4. The number of rotatable bonds is 3. The molecule has 4 nitrogen and oxygen atoms in total. The molecule has 0 atom stereocenters. The Morgan fingerprint density at radius 3 is 2.34 bits per heavy atom. The van der Waals surface area contributed by atoms with Gasteiger partial charge in [0.15, 0.2) is 5.13 Å². The van der Waals surface area contributed by atoms with Crippen LogP contribution in [0, 0.1) is 23.2 Å². The van der Waals surface area contributed by atoms with Crippen LogP contribution in [0.3, 0.4) is 0 Å². The number of nitrogens with zero attached hydrogens (tertiary/aromatic N) is 3. The van der Waals surface area contributed by atoms with Crippen molar-refractivity contribution in [2.45, 2.75) is 51.9 Å². The van der Waals surface area contributed by atoms with Crippen LogP contribution < -0.4 is 4.90 Å². The molecular weight excluding hydrogens is 378 g/mol. The lowest BCUT2D eigenvalue weighted by Crippen LogP contribution is -2.58. The normalized spacial score (nSPS) is 33.6. The van der Waals surface area contributed by atoms with E-state index in [1.807, 2.05) is 0 Å². The lowest BCUT2D eigenvalue weighted by molar-refractivity contribution is -0.158. The Kier molecular flexibility index (Phi) is 4.20. The molecule has 4 bridgehead atoms. The van der Waals surface area contributed by atoms with Crippen LogP contribution >= 0.6 is 11.3 Å². The van der Waals surface area contributed by atoms with Crippen molar-refractivity contribution in [1.29, 1.82) is 0 Å². The number of aromatic nitrogens is 1. The summed E-state index contributed by atoms with van der Waals surface area (Å²) in [6, 6.07) is 6.62. The molecule has 1 aromatic carbocycles. The maximum Gasteiger partial charge on any atom is 0.228 e. The summed E-state index contributed by atoms with van der Waals surface area (Å²) >= 11 is 1.80. The third kappa shape index (κ3) is 2.99. The van der Waals surface area contributed by atoms with Crippen molar-refractivity contribution in [3.05, 3.63) is 23.8 Å². The van der Waals surface area contributed by atoms with Crippen molar-refractivity contribution in [3.8, 4) is 0 Å². The molecule has 1 saturated heterocycles. The van der Waals surface area contributed by atoms with Gasteiger partial charge in [-0.25, -0.2) is 4.98 Å². The van der Waals surface area contributed by atoms with Gasteiger partial charge in [0.2, 0.25) is 5.91 Å². The maximum atomic E-state index is 13.6. The molecule has 2 aromatic rings. The third-order valence-electron chi connectivity index (χ3n) is 8.18. The first-order chi connectivity index (χ1) is 14.1. The molecule has 2 heterocycles. The van der Waals surface area contributed by atoms with E-state index in [9.17, 15) is 4.79 Å². The molecule has 0 radical (unpaired) electrons. The van der Waals surface area contributed by atoms with E-state index < -0.39 is 0 Å². The summed E-state index contributed by atoms with van der Waals surface area (Å²) in [5.74, 6) is 3.00. The lowest BCUT2D eigenvalue weighted by atomic mass is 9.49. The van der Waals surface area contributed by atoms with Crippen molar-refractivity contribution in [2.24, 2.45) is 23.2 Å². The zero-order valence-corrected chi connectivity index (χ0v) is 18.2. The Bertz CT molecular complexity index is 907. The summed E-state index contributed by atoms with van der Waals surface area (Å²) in [4.78, 5) is 23.1. The van der Waals surface area contributed by atoms with Crippen LogP contribution in [0.25, 0.3) is 10.2 Å². The fourth-order valence-corrected chi connectivity index (χ4v) is 8.20. The molecule has 5 fully saturated rings. The number of anilines is 1. The summed E-state index contributed by atoms with van der Waals surface area (Å²) in [5.41, 5.74) is 2.48. The van der Waals surface area contributed by atoms with Crippen LogP contribution in [0.15, 0.2) is 18.2 Å². The van der Waals surface area contributed by atoms with Crippen LogP contribution in [0.2, 0.25) is 0 Å². The number of piperazine rings is 1. The monoisotopic (exact) mass is 409 g/mol. The second kappa shape index (κ2) is 6.69. The number of benzene rings is 1. The summed E-state index contributed by atoms with van der Waals surface area (Å²) < 4.78 is 1.28. The summed E-state index contributed by atoms with van der Waals surface area (Å²) in [5, 5.41) is 1.12. The van der Waals surface area contributed by atoms with E-state index in [2.05, 4.69) is 34.9 Å². The zero-order chi connectivity index (χ0) is 19.6. The summed E-state index contributed by atoms with van der Waals surface area (Å²) in [6.07, 6.45) is 8.79. The molecule has 1 aliphatic heterocycles. The Morgan fingerprint density at radius 1 is 1.07 bits per heavy atom. The Labute approximate surface area is 177 Å². The second-order valence-corrected chi connectivity index (χ2v) is 11.1. The molecule has 29 heavy (non-hydrogen) atoms. The summed E-state index contributed by atoms with van der Waals surface area (Å²) in [6.45, 7) is 5.74. The molecule has 4 aliphatic carbocycles. The highest BCUT2D eigenvalue weighted by Crippen LogP contribution is 2.60. The van der Waals surface area contributed by atoms with E-state index in [0.29, 0.717) is 5.91 Å². The highest BCUT2D eigenvalue weighted by molar-refractivity contribution is 7.22. The van der Waals surface area contributed by atoms with E-state index in [1.165, 1.54) is 48.8 Å². The average Bonchev–Trinajstić information content (AvgIpc) is 3.15. The molecule has 5 aliphatic rings. The predicted octanol–water partition coefficient (Wildman–Crippen LogP) is 4.72. The predicted molar refractivity (Wildman–Crippen MR) is 118 cm³/mol. The Hall–Kier alpha value is -1.62. The van der Waals surface area contributed by atoms with E-state index in [4.69, 9.17) is 4.98 Å². The van der Waals surface area contributed by atoms with Gasteiger partial charge in [0.1, 0.15) is 0 Å². The minimum Gasteiger partial charge on any atom is -0.345 e. The molecule has 1 aromatic heterocycles. The van der Waals surface area contributed by atoms with E-state index in [-0.39, 0.29) is 5.41 Å². The van der Waals surface area contributed by atoms with Gasteiger partial charge < -0.3 is 9.80 Å². The van der Waals surface area contributed by atoms with Crippen LogP contribution in [0.4, 0.5) is 5.13 Å². The molecule has 4 saturated carbocycles. The number of thiazole rings is 1. The standard InChI is InChI=1S/C24H31N3OS/c1-2-16-3-4-20-21(12-16)29-23(25-20)27-7-5-26(6-8-27)22(28)24-13-17-9-18(14-24)11-19(10-17)15-24/h3-4,12,17-19H,2,5-11,13-15H2,1H3. The number of aryl methyl sites for hydroxylation is 1. The topological polar surface area (TPSA) is 36.4 Å². The third-order valence-corrected chi connectivity index (χ3v) is 9.26. The van der Waals surface area contributed by atoms with Gasteiger partial charge in [0.25, 0.3) is 0 Å². The van der Waals surface area contributed by atoms with Crippen LogP contribution in [-0.2, 0) is 11.2 Å². The van der Waals surface area contributed by atoms with Gasteiger partial charge in [-0.05, 0) is 80.4 Å². The first-order valence-corrected chi connectivity index (χ1v) is 12.4. The van der Waals surface area contributed by atoms with Gasteiger partial charge in [-0.1, -0.05) is 24.3 Å². The fourth-order valence-electron chi connectivity index (χ4n) is 7.12. The van der Waals surface area contributed by atoms with Crippen molar-refractivity contribution in [2.75, 3.05) is 31.1 Å². The highest BCUT2D eigenvalue weighted by atomic mass is 32.1. The van der Waals surface area contributed by atoms with Gasteiger partial charge in [0, 0.05) is 26.2 Å². The smallest absolute Gasteiger partial charge is 0.228 e. The quantitative estimate of drug-likeness (QED) is 0.736. The number of carbonyl (C=O) groups excluding carboxylic acids is 1. The van der Waals surface area contributed by atoms with Crippen molar-refractivity contribution in [3.63, 3.8) is 0 Å². The number of carbonyl (C=O) groups is 1. The number of hydrogen-bond donors (Lipinski definition) is 0. The van der Waals surface area contributed by atoms with Gasteiger partial charge in [-0.2, -0.15) is 0 Å². The van der Waals surface area contributed by atoms with Crippen molar-refractivity contribution < 1.29 is 4.79 Å². The molecule has 154 valence electrons. The van der Waals surface area contributed by atoms with E-state index in [1.54, 1.807) is 11.3 Å². The average molecular weight is 410 g/mol. The van der Waals surface area contributed by atoms with Crippen molar-refractivity contribution in [1.82, 2.24) is 9.88 Å². The van der Waals surface area contributed by atoms with Gasteiger partial charge >= 0.3 is 0 Å². The highest BCUT2D eigenvalue weighted by Gasteiger charge is 2.55. The molecule has 1 amide bonds. The maximum absolute atomic E-state index is 13.6. The van der Waals surface area contributed by atoms with Crippen molar-refractivity contribution >= 4 is 32.6 Å². The molecule has 5 heteroatoms. The number of fused-ring (bicyclic) bond motifs is 1. The number of amides is 1. The van der Waals surface area contributed by atoms with Gasteiger partial charge in [-0.3, -0.25) is 4.79 Å². The van der Waals surface area contributed by atoms with E-state index >= 15 is 0 Å². The summed E-state index contributed by atoms with van der Waals surface area (Å²) in [7, 11) is 0. The first-order valence-electron chi connectivity index (χ1n) is 11.6. The molecule has 0 unspecified atom stereocenters. The Morgan fingerprint density at radius 2 is 1.72 bits per heavy atom.